The molecule has 2 fully saturated rings. The number of ketones is 1. The Kier molecular flexibility index (Phi) is 7.52. The van der Waals surface area contributed by atoms with Gasteiger partial charge in [0.15, 0.2) is 11.5 Å². The fourth-order valence-corrected chi connectivity index (χ4v) is 5.29. The maximum Gasteiger partial charge on any atom is 0.433 e. The van der Waals surface area contributed by atoms with E-state index in [0.717, 1.165) is 23.5 Å². The lowest BCUT2D eigenvalue weighted by atomic mass is 9.74. The Morgan fingerprint density at radius 3 is 2.18 bits per heavy atom. The van der Waals surface area contributed by atoms with Gasteiger partial charge in [-0.15, -0.1) is 0 Å². The van der Waals surface area contributed by atoms with Gasteiger partial charge in [0, 0.05) is 12.4 Å². The Morgan fingerprint density at radius 1 is 1.11 bits per heavy atom. The molecular formula is C24H24Cl2F4N4O4. The highest BCUT2D eigenvalue weighted by Crippen LogP contribution is 2.44. The molecule has 206 valence electrons. The van der Waals surface area contributed by atoms with Crippen LogP contribution in [0.1, 0.15) is 77.9 Å². The molecule has 8 nitrogen and oxygen atoms in total. The molecule has 0 radical (unpaired) electrons. The minimum atomic E-state index is -5.00. The number of carbonyl (C=O) groups excluding carboxylic acids is 2. The topological polar surface area (TPSA) is 105 Å². The van der Waals surface area contributed by atoms with Crippen molar-refractivity contribution >= 4 is 40.9 Å². The number of nitrogens with zero attached hydrogens (tertiary/aromatic N) is 4. The summed E-state index contributed by atoms with van der Waals surface area (Å²) in [6.45, 7) is 0.173. The zero-order valence-corrected chi connectivity index (χ0v) is 21.7. The van der Waals surface area contributed by atoms with E-state index >= 15 is 0 Å². The van der Waals surface area contributed by atoms with Crippen molar-refractivity contribution in [2.45, 2.75) is 63.3 Å². The van der Waals surface area contributed by atoms with Crippen molar-refractivity contribution in [2.75, 3.05) is 13.1 Å². The number of hydrogen-bond acceptors (Lipinski definition) is 5. The fourth-order valence-electron chi connectivity index (χ4n) is 4.71. The Balaban J connectivity index is 1.66. The predicted octanol–water partition coefficient (Wildman–Crippen LogP) is 5.64. The van der Waals surface area contributed by atoms with Gasteiger partial charge in [-0.3, -0.25) is 24.0 Å². The quantitative estimate of drug-likeness (QED) is 0.321. The number of Topliss-reactive ketones (excluding diaryl/α,β-unsaturated/α-hetero) is 1. The standard InChI is InChI=1S/C24H24Cl2F4N4O4/c1-22(21(37)38)4-2-13(3-5-22)34-19(24(28,29)30)14(8-32-34)20(36)33(12-23(27)6-7-23)11-17(35)18-15(25)9-31-10-16(18)26/h8-10,13H,2-7,11-12H2,1H3,(H,37,38). The highest BCUT2D eigenvalue weighted by atomic mass is 35.5. The van der Waals surface area contributed by atoms with Crippen molar-refractivity contribution in [1.82, 2.24) is 19.7 Å². The third kappa shape index (κ3) is 5.66. The summed E-state index contributed by atoms with van der Waals surface area (Å²) in [4.78, 5) is 42.4. The lowest BCUT2D eigenvalue weighted by molar-refractivity contribution is -0.152. The molecule has 38 heavy (non-hydrogen) atoms. The van der Waals surface area contributed by atoms with Crippen LogP contribution in [-0.2, 0) is 11.0 Å². The number of aromatic nitrogens is 3. The third-order valence-corrected chi connectivity index (χ3v) is 7.81. The largest absolute Gasteiger partial charge is 0.481 e. The first kappa shape index (κ1) is 28.3. The molecule has 0 spiro atoms. The number of carboxylic acid groups (broad SMARTS) is 1. The smallest absolute Gasteiger partial charge is 0.433 e. The minimum Gasteiger partial charge on any atom is -0.481 e. The van der Waals surface area contributed by atoms with Crippen molar-refractivity contribution in [1.29, 1.82) is 0 Å². The number of alkyl halides is 4. The summed E-state index contributed by atoms with van der Waals surface area (Å²) < 4.78 is 58.3. The molecule has 2 aliphatic carbocycles. The summed E-state index contributed by atoms with van der Waals surface area (Å²) in [6, 6.07) is -0.791. The molecule has 0 atom stereocenters. The molecule has 0 bridgehead atoms. The molecule has 2 saturated carbocycles. The number of amides is 1. The second kappa shape index (κ2) is 10.1. The van der Waals surface area contributed by atoms with Crippen molar-refractivity contribution in [3.8, 4) is 0 Å². The van der Waals surface area contributed by atoms with E-state index in [0.29, 0.717) is 4.68 Å². The zero-order chi connectivity index (χ0) is 28.0. The van der Waals surface area contributed by atoms with E-state index in [1.54, 1.807) is 0 Å². The fraction of sp³-hybridized carbons (Fsp3) is 0.542. The van der Waals surface area contributed by atoms with Crippen molar-refractivity contribution in [3.05, 3.63) is 45.5 Å². The SMILES string of the molecule is CC1(C(=O)O)CCC(n2ncc(C(=O)N(CC(=O)c3c(Cl)cncc3Cl)CC3(F)CC3)c2C(F)(F)F)CC1. The molecule has 0 aromatic carbocycles. The number of carbonyl (C=O) groups is 3. The van der Waals surface area contributed by atoms with E-state index in [-0.39, 0.29) is 54.1 Å². The molecule has 2 aromatic rings. The maximum atomic E-state index is 14.7. The number of aliphatic carboxylic acids is 1. The normalized spacial score (nSPS) is 22.7. The molecule has 0 unspecified atom stereocenters. The highest BCUT2D eigenvalue weighted by Gasteiger charge is 2.48. The second-order valence-corrected chi connectivity index (χ2v) is 11.0. The first-order chi connectivity index (χ1) is 17.7. The Bertz CT molecular complexity index is 1250. The van der Waals surface area contributed by atoms with Crippen LogP contribution in [0, 0.1) is 5.41 Å². The third-order valence-electron chi connectivity index (χ3n) is 7.24. The van der Waals surface area contributed by atoms with Gasteiger partial charge in [0.25, 0.3) is 5.91 Å². The van der Waals surface area contributed by atoms with Crippen LogP contribution in [0.15, 0.2) is 18.6 Å². The molecule has 1 amide bonds. The van der Waals surface area contributed by atoms with Crippen LogP contribution in [0.2, 0.25) is 10.0 Å². The summed E-state index contributed by atoms with van der Waals surface area (Å²) in [5.74, 6) is -3.03. The Labute approximate surface area is 224 Å². The molecular weight excluding hydrogens is 555 g/mol. The summed E-state index contributed by atoms with van der Waals surface area (Å²) in [6.07, 6.45) is -1.28. The van der Waals surface area contributed by atoms with Crippen LogP contribution in [0.25, 0.3) is 0 Å². The van der Waals surface area contributed by atoms with Gasteiger partial charge in [-0.2, -0.15) is 18.3 Å². The van der Waals surface area contributed by atoms with Crippen LogP contribution >= 0.6 is 23.2 Å². The van der Waals surface area contributed by atoms with Gasteiger partial charge in [-0.05, 0) is 45.4 Å². The molecule has 4 rings (SSSR count). The number of carboxylic acids is 1. The number of pyridine rings is 1. The molecule has 14 heteroatoms. The van der Waals surface area contributed by atoms with Crippen LogP contribution in [-0.4, -0.2) is 61.2 Å². The number of hydrogen-bond donors (Lipinski definition) is 1. The van der Waals surface area contributed by atoms with Gasteiger partial charge in [-0.1, -0.05) is 23.2 Å². The molecule has 2 aliphatic rings. The van der Waals surface area contributed by atoms with E-state index < -0.39 is 65.3 Å². The van der Waals surface area contributed by atoms with Crippen molar-refractivity contribution < 1.29 is 37.1 Å². The predicted molar refractivity (Wildman–Crippen MR) is 128 cm³/mol. The molecule has 2 heterocycles. The first-order valence-electron chi connectivity index (χ1n) is 11.8. The summed E-state index contributed by atoms with van der Waals surface area (Å²) >= 11 is 12.0. The molecule has 0 saturated heterocycles. The monoisotopic (exact) mass is 578 g/mol. The summed E-state index contributed by atoms with van der Waals surface area (Å²) in [5.41, 5.74) is -5.21. The van der Waals surface area contributed by atoms with Gasteiger partial charge in [0.1, 0.15) is 5.67 Å². The van der Waals surface area contributed by atoms with E-state index in [4.69, 9.17) is 23.2 Å². The van der Waals surface area contributed by atoms with Gasteiger partial charge in [0.05, 0.1) is 51.9 Å². The lowest BCUT2D eigenvalue weighted by Gasteiger charge is -2.34. The average Bonchev–Trinajstić information content (AvgIpc) is 3.37. The van der Waals surface area contributed by atoms with E-state index in [1.807, 2.05) is 0 Å². The second-order valence-electron chi connectivity index (χ2n) is 10.2. The highest BCUT2D eigenvalue weighted by molar-refractivity contribution is 6.39. The molecule has 2 aromatic heterocycles. The van der Waals surface area contributed by atoms with Gasteiger partial charge >= 0.3 is 12.1 Å². The maximum absolute atomic E-state index is 14.7. The molecule has 0 aliphatic heterocycles. The average molecular weight is 579 g/mol. The van der Waals surface area contributed by atoms with Crippen LogP contribution in [0.4, 0.5) is 17.6 Å². The van der Waals surface area contributed by atoms with Gasteiger partial charge < -0.3 is 10.0 Å². The van der Waals surface area contributed by atoms with Crippen LogP contribution in [0.3, 0.4) is 0 Å². The van der Waals surface area contributed by atoms with Crippen LogP contribution < -0.4 is 0 Å². The first-order valence-corrected chi connectivity index (χ1v) is 12.6. The van der Waals surface area contributed by atoms with Gasteiger partial charge in [0.2, 0.25) is 0 Å². The van der Waals surface area contributed by atoms with Gasteiger partial charge in [-0.25, -0.2) is 4.39 Å². The Morgan fingerprint density at radius 2 is 1.68 bits per heavy atom. The Hall–Kier alpha value is -2.73. The van der Waals surface area contributed by atoms with Crippen molar-refractivity contribution in [3.63, 3.8) is 0 Å². The lowest BCUT2D eigenvalue weighted by Crippen LogP contribution is -2.41. The van der Waals surface area contributed by atoms with Crippen molar-refractivity contribution in [2.24, 2.45) is 5.41 Å². The minimum absolute atomic E-state index is 0.0948. The van der Waals surface area contributed by atoms with E-state index in [9.17, 15) is 37.1 Å². The van der Waals surface area contributed by atoms with Crippen LogP contribution in [0.5, 0.6) is 0 Å². The van der Waals surface area contributed by atoms with E-state index in [1.165, 1.54) is 6.92 Å². The number of halogens is 6. The zero-order valence-electron chi connectivity index (χ0n) is 20.2. The summed E-state index contributed by atoms with van der Waals surface area (Å²) in [7, 11) is 0. The van der Waals surface area contributed by atoms with E-state index in [2.05, 4.69) is 10.1 Å². The molecule has 1 N–H and O–H groups in total. The number of rotatable bonds is 8. The summed E-state index contributed by atoms with van der Waals surface area (Å²) in [5, 5.41) is 13.0.